The van der Waals surface area contributed by atoms with Crippen LogP contribution in [0.1, 0.15) is 58.8 Å². The summed E-state index contributed by atoms with van der Waals surface area (Å²) in [6.07, 6.45) is 4.14. The molecule has 1 saturated carbocycles. The summed E-state index contributed by atoms with van der Waals surface area (Å²) in [4.78, 5) is 0. The van der Waals surface area contributed by atoms with Gasteiger partial charge in [-0.2, -0.15) is 0 Å². The first-order chi connectivity index (χ1) is 7.43. The highest BCUT2D eigenvalue weighted by molar-refractivity contribution is 4.90. The summed E-state index contributed by atoms with van der Waals surface area (Å²) >= 11 is 0. The van der Waals surface area contributed by atoms with Crippen LogP contribution in [0.25, 0.3) is 0 Å². The first-order valence-corrected chi connectivity index (χ1v) is 6.36. The van der Waals surface area contributed by atoms with E-state index in [1.54, 1.807) is 7.11 Å². The van der Waals surface area contributed by atoms with Gasteiger partial charge in [0.15, 0.2) is 0 Å². The molecule has 1 aliphatic rings. The van der Waals surface area contributed by atoms with Crippen molar-refractivity contribution in [3.05, 3.63) is 0 Å². The van der Waals surface area contributed by atoms with E-state index < -0.39 is 5.92 Å². The third kappa shape index (κ3) is 3.69. The van der Waals surface area contributed by atoms with E-state index in [0.29, 0.717) is 18.8 Å². The van der Waals surface area contributed by atoms with Crippen LogP contribution >= 0.6 is 0 Å². The molecule has 1 rings (SSSR count). The van der Waals surface area contributed by atoms with Crippen molar-refractivity contribution in [1.29, 1.82) is 0 Å². The van der Waals surface area contributed by atoms with Gasteiger partial charge in [-0.05, 0) is 31.6 Å². The molecule has 96 valence electrons. The Morgan fingerprint density at radius 1 is 1.19 bits per heavy atom. The normalized spacial score (nSPS) is 25.3. The predicted octanol–water partition coefficient (Wildman–Crippen LogP) is 4.41. The molecule has 0 amide bonds. The number of hydrogen-bond acceptors (Lipinski definition) is 1. The van der Waals surface area contributed by atoms with Gasteiger partial charge in [-0.1, -0.05) is 20.3 Å². The van der Waals surface area contributed by atoms with Gasteiger partial charge in [0.2, 0.25) is 5.92 Å². The average Bonchev–Trinajstić information content (AvgIpc) is 2.28. The molecule has 3 heteroatoms. The van der Waals surface area contributed by atoms with Gasteiger partial charge < -0.3 is 4.74 Å². The highest BCUT2D eigenvalue weighted by atomic mass is 19.3. The molecule has 0 heterocycles. The molecule has 0 aromatic heterocycles. The van der Waals surface area contributed by atoms with Crippen molar-refractivity contribution in [2.24, 2.45) is 5.92 Å². The van der Waals surface area contributed by atoms with Crippen LogP contribution < -0.4 is 0 Å². The summed E-state index contributed by atoms with van der Waals surface area (Å²) in [6, 6.07) is 0. The average molecular weight is 234 g/mol. The van der Waals surface area contributed by atoms with Gasteiger partial charge in [0, 0.05) is 20.0 Å². The summed E-state index contributed by atoms with van der Waals surface area (Å²) < 4.78 is 31.7. The quantitative estimate of drug-likeness (QED) is 0.684. The van der Waals surface area contributed by atoms with Crippen LogP contribution in [0.2, 0.25) is 0 Å². The Bertz CT molecular complexity index is 206. The lowest BCUT2D eigenvalue weighted by molar-refractivity contribution is -0.123. The second-order valence-electron chi connectivity index (χ2n) is 5.30. The van der Waals surface area contributed by atoms with E-state index >= 15 is 0 Å². The van der Waals surface area contributed by atoms with Gasteiger partial charge in [-0.3, -0.25) is 0 Å². The molecule has 0 spiro atoms. The van der Waals surface area contributed by atoms with E-state index in [2.05, 4.69) is 13.8 Å². The Morgan fingerprint density at radius 2 is 1.75 bits per heavy atom. The lowest BCUT2D eigenvalue weighted by Gasteiger charge is -2.39. The Morgan fingerprint density at radius 3 is 2.19 bits per heavy atom. The molecule has 1 fully saturated rings. The zero-order valence-corrected chi connectivity index (χ0v) is 10.7. The zero-order valence-electron chi connectivity index (χ0n) is 10.7. The van der Waals surface area contributed by atoms with E-state index in [9.17, 15) is 8.78 Å². The number of methoxy groups -OCH3 is 1. The molecular weight excluding hydrogens is 210 g/mol. The number of hydrogen-bond donors (Lipinski definition) is 0. The van der Waals surface area contributed by atoms with Crippen LogP contribution in [0.5, 0.6) is 0 Å². The molecule has 0 aliphatic heterocycles. The molecule has 0 aromatic carbocycles. The molecule has 0 bridgehead atoms. The van der Waals surface area contributed by atoms with Gasteiger partial charge in [-0.25, -0.2) is 8.78 Å². The lowest BCUT2D eigenvalue weighted by atomic mass is 9.78. The van der Waals surface area contributed by atoms with Crippen molar-refractivity contribution in [1.82, 2.24) is 0 Å². The van der Waals surface area contributed by atoms with Gasteiger partial charge in [0.25, 0.3) is 0 Å². The van der Waals surface area contributed by atoms with Crippen molar-refractivity contribution >= 4 is 0 Å². The number of ether oxygens (including phenoxy) is 1. The minimum absolute atomic E-state index is 0.0126. The topological polar surface area (TPSA) is 9.23 Å². The predicted molar refractivity (Wildman–Crippen MR) is 61.8 cm³/mol. The fraction of sp³-hybridized carbons (Fsp3) is 1.00. The maximum absolute atomic E-state index is 13.1. The van der Waals surface area contributed by atoms with Gasteiger partial charge in [-0.15, -0.1) is 0 Å². The maximum atomic E-state index is 13.1. The summed E-state index contributed by atoms with van der Waals surface area (Å²) in [5.41, 5.74) is -0.273. The van der Waals surface area contributed by atoms with Gasteiger partial charge >= 0.3 is 0 Å². The van der Waals surface area contributed by atoms with Crippen molar-refractivity contribution in [2.75, 3.05) is 7.11 Å². The SMILES string of the molecule is CCC(C)CCC1(OC)CCC(F)(F)CC1. The standard InChI is InChI=1S/C13H24F2O/c1-4-11(2)5-6-12(16-3)7-9-13(14,15)10-8-12/h11H,4-10H2,1-3H3. The molecular formula is C13H24F2O. The minimum atomic E-state index is -2.46. The van der Waals surface area contributed by atoms with E-state index in [1.165, 1.54) is 0 Å². The molecule has 1 atom stereocenters. The minimum Gasteiger partial charge on any atom is -0.378 e. The van der Waals surface area contributed by atoms with E-state index in [-0.39, 0.29) is 18.4 Å². The number of halogens is 2. The van der Waals surface area contributed by atoms with Crippen molar-refractivity contribution in [2.45, 2.75) is 70.3 Å². The summed E-state index contributed by atoms with van der Waals surface area (Å²) in [5, 5.41) is 0. The molecule has 1 unspecified atom stereocenters. The number of alkyl halides is 2. The van der Waals surface area contributed by atoms with Gasteiger partial charge in [0.05, 0.1) is 5.60 Å². The van der Waals surface area contributed by atoms with E-state index in [4.69, 9.17) is 4.74 Å². The third-order valence-corrected chi connectivity index (χ3v) is 4.12. The smallest absolute Gasteiger partial charge is 0.248 e. The van der Waals surface area contributed by atoms with Crippen LogP contribution in [0.4, 0.5) is 8.78 Å². The molecule has 0 N–H and O–H groups in total. The number of rotatable bonds is 5. The van der Waals surface area contributed by atoms with Crippen LogP contribution in [0.15, 0.2) is 0 Å². The summed E-state index contributed by atoms with van der Waals surface area (Å²) in [6.45, 7) is 4.37. The Balaban J connectivity index is 2.46. The highest BCUT2D eigenvalue weighted by Crippen LogP contribution is 2.42. The van der Waals surface area contributed by atoms with Crippen LogP contribution in [-0.2, 0) is 4.74 Å². The monoisotopic (exact) mass is 234 g/mol. The lowest BCUT2D eigenvalue weighted by Crippen LogP contribution is -2.40. The molecule has 16 heavy (non-hydrogen) atoms. The summed E-state index contributed by atoms with van der Waals surface area (Å²) in [5.74, 6) is -1.80. The molecule has 0 aromatic rings. The van der Waals surface area contributed by atoms with Crippen molar-refractivity contribution in [3.63, 3.8) is 0 Å². The second-order valence-corrected chi connectivity index (χ2v) is 5.30. The fourth-order valence-electron chi connectivity index (χ4n) is 2.34. The van der Waals surface area contributed by atoms with Crippen molar-refractivity contribution in [3.8, 4) is 0 Å². The summed E-state index contributed by atoms with van der Waals surface area (Å²) in [7, 11) is 1.67. The highest BCUT2D eigenvalue weighted by Gasteiger charge is 2.43. The fourth-order valence-corrected chi connectivity index (χ4v) is 2.34. The van der Waals surface area contributed by atoms with Gasteiger partial charge in [0.1, 0.15) is 0 Å². The van der Waals surface area contributed by atoms with Crippen molar-refractivity contribution < 1.29 is 13.5 Å². The second kappa shape index (κ2) is 5.44. The van der Waals surface area contributed by atoms with E-state index in [1.807, 2.05) is 0 Å². The maximum Gasteiger partial charge on any atom is 0.248 e. The van der Waals surface area contributed by atoms with Crippen LogP contribution in [0, 0.1) is 5.92 Å². The largest absolute Gasteiger partial charge is 0.378 e. The Labute approximate surface area is 97.6 Å². The van der Waals surface area contributed by atoms with Crippen LogP contribution in [-0.4, -0.2) is 18.6 Å². The Hall–Kier alpha value is -0.180. The zero-order chi connectivity index (χ0) is 12.2. The third-order valence-electron chi connectivity index (χ3n) is 4.12. The Kier molecular flexibility index (Phi) is 4.72. The molecule has 1 aliphatic carbocycles. The molecule has 1 nitrogen and oxygen atoms in total. The first-order valence-electron chi connectivity index (χ1n) is 6.36. The van der Waals surface area contributed by atoms with E-state index in [0.717, 1.165) is 19.3 Å². The molecule has 0 radical (unpaired) electrons. The molecule has 0 saturated heterocycles. The first kappa shape index (κ1) is 13.9. The van der Waals surface area contributed by atoms with Crippen LogP contribution in [0.3, 0.4) is 0 Å².